The maximum atomic E-state index is 12.3. The Labute approximate surface area is 112 Å². The number of pyridine rings is 1. The molecule has 0 aliphatic carbocycles. The first-order valence-electron chi connectivity index (χ1n) is 6.69. The Balaban J connectivity index is 1.76. The number of hydrogen-bond donors (Lipinski definition) is 2. The Morgan fingerprint density at radius 2 is 2.47 bits per heavy atom. The summed E-state index contributed by atoms with van der Waals surface area (Å²) in [6, 6.07) is 5.90. The lowest BCUT2D eigenvalue weighted by molar-refractivity contribution is 0.0930. The zero-order chi connectivity index (χ0) is 13.2. The predicted octanol–water partition coefficient (Wildman–Crippen LogP) is 1.06. The van der Waals surface area contributed by atoms with Crippen LogP contribution in [0.25, 0.3) is 5.52 Å². The van der Waals surface area contributed by atoms with Gasteiger partial charge in [0.15, 0.2) is 0 Å². The second-order valence-electron chi connectivity index (χ2n) is 5.10. The molecule has 19 heavy (non-hydrogen) atoms. The summed E-state index contributed by atoms with van der Waals surface area (Å²) in [7, 11) is 0. The van der Waals surface area contributed by atoms with Crippen LogP contribution in [0.5, 0.6) is 0 Å². The molecule has 2 atom stereocenters. The summed E-state index contributed by atoms with van der Waals surface area (Å²) in [6.07, 6.45) is 4.59. The van der Waals surface area contributed by atoms with Gasteiger partial charge in [-0.2, -0.15) is 5.10 Å². The second kappa shape index (κ2) is 5.01. The van der Waals surface area contributed by atoms with Gasteiger partial charge in [-0.05, 0) is 44.5 Å². The van der Waals surface area contributed by atoms with E-state index in [1.807, 2.05) is 24.4 Å². The molecule has 1 aliphatic heterocycles. The van der Waals surface area contributed by atoms with Crippen molar-refractivity contribution in [1.29, 1.82) is 0 Å². The van der Waals surface area contributed by atoms with Crippen LogP contribution in [0.4, 0.5) is 0 Å². The van der Waals surface area contributed by atoms with Gasteiger partial charge < -0.3 is 10.6 Å². The van der Waals surface area contributed by atoms with E-state index in [0.29, 0.717) is 11.5 Å². The lowest BCUT2D eigenvalue weighted by atomic mass is 10.0. The molecular weight excluding hydrogens is 240 g/mol. The number of carbonyl (C=O) groups is 1. The highest BCUT2D eigenvalue weighted by atomic mass is 16.1. The molecule has 1 aliphatic rings. The van der Waals surface area contributed by atoms with Crippen molar-refractivity contribution < 1.29 is 4.79 Å². The van der Waals surface area contributed by atoms with Crippen LogP contribution in [0.1, 0.15) is 23.7 Å². The molecule has 100 valence electrons. The molecule has 0 spiro atoms. The highest BCUT2D eigenvalue weighted by Gasteiger charge is 2.23. The zero-order valence-corrected chi connectivity index (χ0v) is 11.0. The molecule has 3 heterocycles. The van der Waals surface area contributed by atoms with E-state index in [1.54, 1.807) is 10.7 Å². The van der Waals surface area contributed by atoms with Gasteiger partial charge in [-0.1, -0.05) is 6.07 Å². The lowest BCUT2D eigenvalue weighted by Crippen LogP contribution is -2.38. The van der Waals surface area contributed by atoms with Crippen molar-refractivity contribution in [3.05, 3.63) is 36.2 Å². The summed E-state index contributed by atoms with van der Waals surface area (Å²) < 4.78 is 1.72. The fourth-order valence-corrected chi connectivity index (χ4v) is 2.62. The number of carbonyl (C=O) groups excluding carboxylic acids is 1. The largest absolute Gasteiger partial charge is 0.349 e. The van der Waals surface area contributed by atoms with Gasteiger partial charge in [0.25, 0.3) is 5.91 Å². The average molecular weight is 258 g/mol. The average Bonchev–Trinajstić information content (AvgIpc) is 3.08. The SMILES string of the molecule is CC(NC(=O)c1cnn2ccccc12)C1CCNC1. The summed E-state index contributed by atoms with van der Waals surface area (Å²) in [5, 5.41) is 10.6. The van der Waals surface area contributed by atoms with Gasteiger partial charge in [-0.3, -0.25) is 4.79 Å². The molecule has 0 bridgehead atoms. The number of nitrogens with one attached hydrogen (secondary N) is 2. The van der Waals surface area contributed by atoms with Crippen molar-refractivity contribution >= 4 is 11.4 Å². The van der Waals surface area contributed by atoms with Crippen molar-refractivity contribution in [3.63, 3.8) is 0 Å². The van der Waals surface area contributed by atoms with Gasteiger partial charge in [0.1, 0.15) is 0 Å². The fraction of sp³-hybridized carbons (Fsp3) is 0.429. The molecule has 3 rings (SSSR count). The van der Waals surface area contributed by atoms with Crippen LogP contribution < -0.4 is 10.6 Å². The molecule has 2 aromatic heterocycles. The van der Waals surface area contributed by atoms with E-state index in [0.717, 1.165) is 25.0 Å². The number of nitrogens with zero attached hydrogens (tertiary/aromatic N) is 2. The maximum Gasteiger partial charge on any atom is 0.255 e. The monoisotopic (exact) mass is 258 g/mol. The van der Waals surface area contributed by atoms with E-state index >= 15 is 0 Å². The molecule has 1 amide bonds. The quantitative estimate of drug-likeness (QED) is 0.865. The van der Waals surface area contributed by atoms with Crippen LogP contribution in [-0.2, 0) is 0 Å². The third-order valence-electron chi connectivity index (χ3n) is 3.84. The van der Waals surface area contributed by atoms with Gasteiger partial charge in [-0.25, -0.2) is 4.52 Å². The molecular formula is C14H18N4O. The predicted molar refractivity (Wildman–Crippen MR) is 73.1 cm³/mol. The van der Waals surface area contributed by atoms with Crippen LogP contribution in [0.3, 0.4) is 0 Å². The Morgan fingerprint density at radius 3 is 3.26 bits per heavy atom. The molecule has 1 saturated heterocycles. The van der Waals surface area contributed by atoms with Crippen molar-refractivity contribution in [2.24, 2.45) is 5.92 Å². The van der Waals surface area contributed by atoms with E-state index in [1.165, 1.54) is 0 Å². The molecule has 5 nitrogen and oxygen atoms in total. The smallest absolute Gasteiger partial charge is 0.255 e. The van der Waals surface area contributed by atoms with Crippen LogP contribution in [0.15, 0.2) is 30.6 Å². The van der Waals surface area contributed by atoms with Gasteiger partial charge in [0, 0.05) is 12.2 Å². The number of amides is 1. The Hall–Kier alpha value is -1.88. The summed E-state index contributed by atoms with van der Waals surface area (Å²) in [5.74, 6) is 0.478. The van der Waals surface area contributed by atoms with E-state index in [2.05, 4.69) is 22.7 Å². The Bertz CT molecular complexity index is 586. The van der Waals surface area contributed by atoms with Crippen molar-refractivity contribution in [1.82, 2.24) is 20.2 Å². The number of fused-ring (bicyclic) bond motifs is 1. The third-order valence-corrected chi connectivity index (χ3v) is 3.84. The summed E-state index contributed by atoms with van der Waals surface area (Å²) in [6.45, 7) is 4.10. The van der Waals surface area contributed by atoms with Crippen molar-refractivity contribution in [2.45, 2.75) is 19.4 Å². The summed E-state index contributed by atoms with van der Waals surface area (Å²) in [5.41, 5.74) is 1.48. The summed E-state index contributed by atoms with van der Waals surface area (Å²) in [4.78, 5) is 12.3. The lowest BCUT2D eigenvalue weighted by Gasteiger charge is -2.19. The molecule has 0 aromatic carbocycles. The van der Waals surface area contributed by atoms with Crippen LogP contribution in [0.2, 0.25) is 0 Å². The molecule has 0 saturated carbocycles. The minimum absolute atomic E-state index is 0.0411. The van der Waals surface area contributed by atoms with Crippen LogP contribution >= 0.6 is 0 Å². The Morgan fingerprint density at radius 1 is 1.58 bits per heavy atom. The van der Waals surface area contributed by atoms with Crippen LogP contribution in [-0.4, -0.2) is 34.7 Å². The van der Waals surface area contributed by atoms with E-state index < -0.39 is 0 Å². The normalized spacial score (nSPS) is 20.6. The highest BCUT2D eigenvalue weighted by Crippen LogP contribution is 2.14. The first-order valence-corrected chi connectivity index (χ1v) is 6.69. The molecule has 1 fully saturated rings. The minimum Gasteiger partial charge on any atom is -0.349 e. The van der Waals surface area contributed by atoms with E-state index in [-0.39, 0.29) is 11.9 Å². The number of hydrogen-bond acceptors (Lipinski definition) is 3. The van der Waals surface area contributed by atoms with Gasteiger partial charge in [-0.15, -0.1) is 0 Å². The van der Waals surface area contributed by atoms with Gasteiger partial charge >= 0.3 is 0 Å². The van der Waals surface area contributed by atoms with E-state index in [4.69, 9.17) is 0 Å². The van der Waals surface area contributed by atoms with Gasteiger partial charge in [0.05, 0.1) is 17.3 Å². The van der Waals surface area contributed by atoms with Crippen LogP contribution in [0, 0.1) is 5.92 Å². The molecule has 5 heteroatoms. The molecule has 2 unspecified atom stereocenters. The molecule has 2 N–H and O–H groups in total. The molecule has 2 aromatic rings. The Kier molecular flexibility index (Phi) is 3.21. The number of rotatable bonds is 3. The number of aromatic nitrogens is 2. The first-order chi connectivity index (χ1) is 9.25. The second-order valence-corrected chi connectivity index (χ2v) is 5.10. The third kappa shape index (κ3) is 2.33. The first kappa shape index (κ1) is 12.2. The maximum absolute atomic E-state index is 12.3. The topological polar surface area (TPSA) is 58.4 Å². The highest BCUT2D eigenvalue weighted by molar-refractivity contribution is 6.00. The van der Waals surface area contributed by atoms with Gasteiger partial charge in [0.2, 0.25) is 0 Å². The van der Waals surface area contributed by atoms with E-state index in [9.17, 15) is 4.79 Å². The minimum atomic E-state index is -0.0411. The fourth-order valence-electron chi connectivity index (χ4n) is 2.62. The van der Waals surface area contributed by atoms with Crippen molar-refractivity contribution in [3.8, 4) is 0 Å². The standard InChI is InChI=1S/C14H18N4O/c1-10(11-5-6-15-8-11)17-14(19)12-9-16-18-7-3-2-4-13(12)18/h2-4,7,9-11,15H,5-6,8H2,1H3,(H,17,19). The summed E-state index contributed by atoms with van der Waals surface area (Å²) >= 11 is 0. The zero-order valence-electron chi connectivity index (χ0n) is 11.0. The molecule has 0 radical (unpaired) electrons. The van der Waals surface area contributed by atoms with Crippen molar-refractivity contribution in [2.75, 3.05) is 13.1 Å².